The van der Waals surface area contributed by atoms with Crippen molar-refractivity contribution in [2.45, 2.75) is 19.4 Å². The summed E-state index contributed by atoms with van der Waals surface area (Å²) in [6.07, 6.45) is 0.637. The number of ether oxygens (including phenoxy) is 1. The number of hydrogen-bond acceptors (Lipinski definition) is 4. The Morgan fingerprint density at radius 3 is 2.84 bits per heavy atom. The molecule has 1 heterocycles. The smallest absolute Gasteiger partial charge is 0.131 e. The highest BCUT2D eigenvalue weighted by Crippen LogP contribution is 2.30. The first-order chi connectivity index (χ1) is 9.15. The molecule has 0 saturated carbocycles. The largest absolute Gasteiger partial charge is 0.496 e. The van der Waals surface area contributed by atoms with Gasteiger partial charge in [-0.15, -0.1) is 11.3 Å². The van der Waals surface area contributed by atoms with Crippen LogP contribution in [0.1, 0.15) is 22.3 Å². The van der Waals surface area contributed by atoms with Gasteiger partial charge in [-0.3, -0.25) is 0 Å². The van der Waals surface area contributed by atoms with Crippen LogP contribution in [0.4, 0.5) is 4.39 Å². The minimum absolute atomic E-state index is 0.155. The molecule has 1 unspecified atom stereocenters. The van der Waals surface area contributed by atoms with E-state index in [0.717, 1.165) is 10.7 Å². The Bertz CT molecular complexity index is 556. The van der Waals surface area contributed by atoms with Crippen LogP contribution in [0.25, 0.3) is 0 Å². The zero-order chi connectivity index (χ0) is 13.8. The molecule has 0 aliphatic rings. The summed E-state index contributed by atoms with van der Waals surface area (Å²) < 4.78 is 19.3. The first-order valence-corrected chi connectivity index (χ1v) is 6.94. The molecule has 0 saturated heterocycles. The number of nitrogens with zero attached hydrogens (tertiary/aromatic N) is 1. The lowest BCUT2D eigenvalue weighted by Crippen LogP contribution is -2.21. The molecule has 5 heteroatoms. The van der Waals surface area contributed by atoms with Gasteiger partial charge in [0.05, 0.1) is 17.8 Å². The van der Waals surface area contributed by atoms with Gasteiger partial charge in [-0.1, -0.05) is 6.07 Å². The van der Waals surface area contributed by atoms with Crippen molar-refractivity contribution >= 4 is 11.3 Å². The van der Waals surface area contributed by atoms with Crippen LogP contribution in [0.15, 0.2) is 23.6 Å². The van der Waals surface area contributed by atoms with Gasteiger partial charge in [-0.25, -0.2) is 9.37 Å². The predicted molar refractivity (Wildman–Crippen MR) is 75.3 cm³/mol. The van der Waals surface area contributed by atoms with Crippen molar-refractivity contribution in [1.82, 2.24) is 10.3 Å². The molecule has 0 aliphatic heterocycles. The quantitative estimate of drug-likeness (QED) is 0.914. The summed E-state index contributed by atoms with van der Waals surface area (Å²) in [5.74, 6) is 0.303. The molecule has 0 radical (unpaired) electrons. The Hall–Kier alpha value is -1.46. The molecular weight excluding hydrogens is 263 g/mol. The third kappa shape index (κ3) is 3.11. The van der Waals surface area contributed by atoms with E-state index in [1.165, 1.54) is 6.07 Å². The molecular formula is C14H17FN2OS. The number of aryl methyl sites for hydroxylation is 1. The lowest BCUT2D eigenvalue weighted by Gasteiger charge is -2.19. The molecule has 1 aromatic heterocycles. The van der Waals surface area contributed by atoms with Gasteiger partial charge in [-0.05, 0) is 26.1 Å². The molecule has 0 bridgehead atoms. The van der Waals surface area contributed by atoms with Crippen molar-refractivity contribution in [3.8, 4) is 5.75 Å². The Balaban J connectivity index is 2.31. The maximum Gasteiger partial charge on any atom is 0.131 e. The second kappa shape index (κ2) is 6.12. The number of likely N-dealkylation sites (N-methyl/N-ethyl adjacent to an activating group) is 1. The first-order valence-electron chi connectivity index (χ1n) is 6.06. The average molecular weight is 280 g/mol. The number of benzene rings is 1. The summed E-state index contributed by atoms with van der Waals surface area (Å²) in [6, 6.07) is 4.72. The van der Waals surface area contributed by atoms with E-state index in [0.29, 0.717) is 17.7 Å². The molecule has 0 aliphatic carbocycles. The summed E-state index contributed by atoms with van der Waals surface area (Å²) in [5, 5.41) is 6.16. The Kier molecular flexibility index (Phi) is 4.50. The van der Waals surface area contributed by atoms with Gasteiger partial charge in [0.15, 0.2) is 0 Å². The molecule has 0 spiro atoms. The van der Waals surface area contributed by atoms with E-state index in [-0.39, 0.29) is 11.9 Å². The van der Waals surface area contributed by atoms with Gasteiger partial charge in [0, 0.05) is 23.4 Å². The zero-order valence-corrected chi connectivity index (χ0v) is 12.1. The van der Waals surface area contributed by atoms with E-state index in [1.807, 2.05) is 19.4 Å². The Labute approximate surface area is 116 Å². The van der Waals surface area contributed by atoms with Crippen molar-refractivity contribution < 1.29 is 9.13 Å². The fraction of sp³-hybridized carbons (Fsp3) is 0.357. The molecule has 2 rings (SSSR count). The molecule has 0 fully saturated rings. The summed E-state index contributed by atoms with van der Waals surface area (Å²) >= 11 is 1.60. The third-order valence-corrected chi connectivity index (χ3v) is 3.83. The van der Waals surface area contributed by atoms with Crippen molar-refractivity contribution in [3.05, 3.63) is 45.7 Å². The van der Waals surface area contributed by atoms with Crippen LogP contribution in [0, 0.1) is 12.7 Å². The van der Waals surface area contributed by atoms with Gasteiger partial charge in [-0.2, -0.15) is 0 Å². The standard InChI is InChI=1S/C14H17FN2OS/c1-9-17-10(8-19-9)7-12(16-2)14-11(15)5-4-6-13(14)18-3/h4-6,8,12,16H,7H2,1-3H3. The lowest BCUT2D eigenvalue weighted by molar-refractivity contribution is 0.393. The van der Waals surface area contributed by atoms with Gasteiger partial charge in [0.25, 0.3) is 0 Å². The number of rotatable bonds is 5. The van der Waals surface area contributed by atoms with Gasteiger partial charge < -0.3 is 10.1 Å². The second-order valence-corrected chi connectivity index (χ2v) is 5.32. The third-order valence-electron chi connectivity index (χ3n) is 3.01. The molecule has 102 valence electrons. The molecule has 19 heavy (non-hydrogen) atoms. The topological polar surface area (TPSA) is 34.2 Å². The number of nitrogens with one attached hydrogen (secondary N) is 1. The van der Waals surface area contributed by atoms with Crippen molar-refractivity contribution in [2.75, 3.05) is 14.2 Å². The lowest BCUT2D eigenvalue weighted by atomic mass is 10.0. The summed E-state index contributed by atoms with van der Waals surface area (Å²) in [6.45, 7) is 1.96. The average Bonchev–Trinajstić information content (AvgIpc) is 2.81. The minimum Gasteiger partial charge on any atom is -0.496 e. The predicted octanol–water partition coefficient (Wildman–Crippen LogP) is 3.10. The minimum atomic E-state index is -0.259. The van der Waals surface area contributed by atoms with Crippen molar-refractivity contribution in [1.29, 1.82) is 0 Å². The van der Waals surface area contributed by atoms with Crippen LogP contribution in [0.5, 0.6) is 5.75 Å². The van der Waals surface area contributed by atoms with Crippen LogP contribution in [-0.4, -0.2) is 19.1 Å². The fourth-order valence-corrected chi connectivity index (χ4v) is 2.72. The second-order valence-electron chi connectivity index (χ2n) is 4.26. The molecule has 3 nitrogen and oxygen atoms in total. The maximum atomic E-state index is 14.0. The van der Waals surface area contributed by atoms with E-state index in [2.05, 4.69) is 10.3 Å². The van der Waals surface area contributed by atoms with Crippen molar-refractivity contribution in [3.63, 3.8) is 0 Å². The number of halogens is 1. The molecule has 1 atom stereocenters. The Morgan fingerprint density at radius 1 is 1.47 bits per heavy atom. The number of methoxy groups -OCH3 is 1. The van der Waals surface area contributed by atoms with E-state index in [1.54, 1.807) is 30.6 Å². The van der Waals surface area contributed by atoms with Crippen LogP contribution in [0.2, 0.25) is 0 Å². The molecule has 0 amide bonds. The number of hydrogen-bond donors (Lipinski definition) is 1. The summed E-state index contributed by atoms with van der Waals surface area (Å²) in [4.78, 5) is 4.42. The number of aromatic nitrogens is 1. The van der Waals surface area contributed by atoms with Crippen LogP contribution in [-0.2, 0) is 6.42 Å². The van der Waals surface area contributed by atoms with E-state index < -0.39 is 0 Å². The summed E-state index contributed by atoms with van der Waals surface area (Å²) in [7, 11) is 3.37. The highest BCUT2D eigenvalue weighted by molar-refractivity contribution is 7.09. The normalized spacial score (nSPS) is 12.4. The van der Waals surface area contributed by atoms with Crippen molar-refractivity contribution in [2.24, 2.45) is 0 Å². The molecule has 2 aromatic rings. The SMILES string of the molecule is CNC(Cc1csc(C)n1)c1c(F)cccc1OC. The highest BCUT2D eigenvalue weighted by Gasteiger charge is 2.20. The fourth-order valence-electron chi connectivity index (χ4n) is 2.09. The van der Waals surface area contributed by atoms with Gasteiger partial charge in [0.2, 0.25) is 0 Å². The van der Waals surface area contributed by atoms with Gasteiger partial charge in [0.1, 0.15) is 11.6 Å². The number of thiazole rings is 1. The molecule has 1 aromatic carbocycles. The van der Waals surface area contributed by atoms with Crippen LogP contribution >= 0.6 is 11.3 Å². The zero-order valence-electron chi connectivity index (χ0n) is 11.2. The van der Waals surface area contributed by atoms with E-state index >= 15 is 0 Å². The van der Waals surface area contributed by atoms with Gasteiger partial charge >= 0.3 is 0 Å². The first kappa shape index (κ1) is 14.0. The van der Waals surface area contributed by atoms with Crippen LogP contribution < -0.4 is 10.1 Å². The van der Waals surface area contributed by atoms with E-state index in [4.69, 9.17) is 4.74 Å². The maximum absolute atomic E-state index is 14.0. The van der Waals surface area contributed by atoms with E-state index in [9.17, 15) is 4.39 Å². The Morgan fingerprint density at radius 2 is 2.26 bits per heavy atom. The van der Waals surface area contributed by atoms with Crippen LogP contribution in [0.3, 0.4) is 0 Å². The molecule has 1 N–H and O–H groups in total. The highest BCUT2D eigenvalue weighted by atomic mass is 32.1. The summed E-state index contributed by atoms with van der Waals surface area (Å²) in [5.41, 5.74) is 1.52. The monoisotopic (exact) mass is 280 g/mol.